The van der Waals surface area contributed by atoms with Crippen LogP contribution in [0.15, 0.2) is 0 Å². The normalized spacial score (nSPS) is 22.5. The molecule has 2 atom stereocenters. The molecule has 3 heteroatoms. The topological polar surface area (TPSA) is 30.5 Å². The molecule has 1 heterocycles. The zero-order valence-electron chi connectivity index (χ0n) is 10.8. The van der Waals surface area contributed by atoms with Crippen LogP contribution in [0.25, 0.3) is 0 Å². The Hall–Kier alpha value is -0.120. The number of nitrogens with one attached hydrogen (secondary N) is 1. The van der Waals surface area contributed by atoms with Crippen LogP contribution in [-0.4, -0.2) is 38.5 Å². The van der Waals surface area contributed by atoms with Crippen LogP contribution in [0.4, 0.5) is 0 Å². The number of hydrogen-bond donors (Lipinski definition) is 1. The average molecular weight is 229 g/mol. The summed E-state index contributed by atoms with van der Waals surface area (Å²) in [6.45, 7) is 8.01. The van der Waals surface area contributed by atoms with Gasteiger partial charge in [0, 0.05) is 25.8 Å². The Bertz CT molecular complexity index is 158. The predicted molar refractivity (Wildman–Crippen MR) is 66.8 cm³/mol. The maximum atomic E-state index is 5.62. The highest BCUT2D eigenvalue weighted by Crippen LogP contribution is 2.14. The van der Waals surface area contributed by atoms with Crippen molar-refractivity contribution in [1.29, 1.82) is 0 Å². The van der Waals surface area contributed by atoms with Gasteiger partial charge in [-0.3, -0.25) is 0 Å². The Morgan fingerprint density at radius 2 is 2.25 bits per heavy atom. The molecule has 0 bridgehead atoms. The van der Waals surface area contributed by atoms with Crippen molar-refractivity contribution in [3.05, 3.63) is 0 Å². The van der Waals surface area contributed by atoms with E-state index in [1.54, 1.807) is 0 Å². The van der Waals surface area contributed by atoms with Crippen LogP contribution in [-0.2, 0) is 9.47 Å². The highest BCUT2D eigenvalue weighted by molar-refractivity contribution is 4.76. The lowest BCUT2D eigenvalue weighted by molar-refractivity contribution is 0.0766. The summed E-state index contributed by atoms with van der Waals surface area (Å²) in [5.74, 6) is 0. The predicted octanol–water partition coefficient (Wildman–Crippen LogP) is 2.35. The zero-order valence-corrected chi connectivity index (χ0v) is 10.8. The van der Waals surface area contributed by atoms with E-state index in [9.17, 15) is 0 Å². The van der Waals surface area contributed by atoms with Gasteiger partial charge in [0.2, 0.25) is 0 Å². The van der Waals surface area contributed by atoms with E-state index < -0.39 is 0 Å². The van der Waals surface area contributed by atoms with Crippen molar-refractivity contribution in [2.45, 2.75) is 58.1 Å². The standard InChI is InChI=1S/C13H27NO2/c1-3-4-5-9-15-11-8-14-12(2)13-7-6-10-16-13/h12-14H,3-11H2,1-2H3. The Kier molecular flexibility index (Phi) is 7.81. The van der Waals surface area contributed by atoms with Crippen LogP contribution in [0.3, 0.4) is 0 Å². The van der Waals surface area contributed by atoms with Crippen molar-refractivity contribution in [1.82, 2.24) is 5.32 Å². The van der Waals surface area contributed by atoms with Gasteiger partial charge in [-0.1, -0.05) is 19.8 Å². The Labute approximate surface area is 99.9 Å². The second kappa shape index (κ2) is 8.97. The van der Waals surface area contributed by atoms with Gasteiger partial charge in [0.25, 0.3) is 0 Å². The summed E-state index contributed by atoms with van der Waals surface area (Å²) in [6, 6.07) is 0.460. The minimum Gasteiger partial charge on any atom is -0.380 e. The second-order valence-corrected chi connectivity index (χ2v) is 4.61. The lowest BCUT2D eigenvalue weighted by atomic mass is 10.1. The molecule has 1 aliphatic rings. The quantitative estimate of drug-likeness (QED) is 0.616. The molecule has 0 saturated carbocycles. The third-order valence-corrected chi connectivity index (χ3v) is 3.13. The first-order chi connectivity index (χ1) is 7.84. The third-order valence-electron chi connectivity index (χ3n) is 3.13. The van der Waals surface area contributed by atoms with Gasteiger partial charge in [-0.2, -0.15) is 0 Å². The molecule has 96 valence electrons. The molecule has 0 radical (unpaired) electrons. The molecule has 1 rings (SSSR count). The molecule has 0 aromatic carbocycles. The first-order valence-corrected chi connectivity index (χ1v) is 6.77. The zero-order chi connectivity index (χ0) is 11.6. The van der Waals surface area contributed by atoms with Crippen LogP contribution < -0.4 is 5.32 Å². The van der Waals surface area contributed by atoms with E-state index in [1.165, 1.54) is 32.1 Å². The molecule has 0 aromatic heterocycles. The van der Waals surface area contributed by atoms with E-state index in [-0.39, 0.29) is 0 Å². The largest absolute Gasteiger partial charge is 0.380 e. The molecule has 1 N–H and O–H groups in total. The van der Waals surface area contributed by atoms with E-state index in [1.807, 2.05) is 0 Å². The van der Waals surface area contributed by atoms with Crippen molar-refractivity contribution < 1.29 is 9.47 Å². The van der Waals surface area contributed by atoms with Crippen LogP contribution in [0.1, 0.15) is 46.0 Å². The lowest BCUT2D eigenvalue weighted by Gasteiger charge is -2.19. The molecular weight excluding hydrogens is 202 g/mol. The fraction of sp³-hybridized carbons (Fsp3) is 1.00. The molecule has 1 aliphatic heterocycles. The third kappa shape index (κ3) is 5.83. The van der Waals surface area contributed by atoms with Gasteiger partial charge in [-0.05, 0) is 26.2 Å². The summed E-state index contributed by atoms with van der Waals surface area (Å²) in [4.78, 5) is 0. The highest BCUT2D eigenvalue weighted by atomic mass is 16.5. The molecule has 1 fully saturated rings. The van der Waals surface area contributed by atoms with Crippen molar-refractivity contribution in [3.63, 3.8) is 0 Å². The van der Waals surface area contributed by atoms with Crippen molar-refractivity contribution in [2.75, 3.05) is 26.4 Å². The van der Waals surface area contributed by atoms with Gasteiger partial charge in [0.15, 0.2) is 0 Å². The average Bonchev–Trinajstić information content (AvgIpc) is 2.81. The number of unbranched alkanes of at least 4 members (excludes halogenated alkanes) is 2. The molecule has 16 heavy (non-hydrogen) atoms. The van der Waals surface area contributed by atoms with Gasteiger partial charge in [0.1, 0.15) is 0 Å². The van der Waals surface area contributed by atoms with E-state index >= 15 is 0 Å². The Balaban J connectivity index is 1.86. The van der Waals surface area contributed by atoms with Gasteiger partial charge in [0.05, 0.1) is 12.7 Å². The Morgan fingerprint density at radius 1 is 1.38 bits per heavy atom. The molecule has 3 nitrogen and oxygen atoms in total. The monoisotopic (exact) mass is 229 g/mol. The maximum absolute atomic E-state index is 5.62. The summed E-state index contributed by atoms with van der Waals surface area (Å²) < 4.78 is 11.2. The van der Waals surface area contributed by atoms with E-state index in [0.29, 0.717) is 12.1 Å². The molecule has 0 spiro atoms. The van der Waals surface area contributed by atoms with Crippen LogP contribution in [0.5, 0.6) is 0 Å². The van der Waals surface area contributed by atoms with E-state index in [4.69, 9.17) is 9.47 Å². The summed E-state index contributed by atoms with van der Waals surface area (Å²) in [5, 5.41) is 3.47. The van der Waals surface area contributed by atoms with Gasteiger partial charge >= 0.3 is 0 Å². The minimum absolute atomic E-state index is 0.417. The number of hydrogen-bond acceptors (Lipinski definition) is 3. The molecule has 0 amide bonds. The molecular formula is C13H27NO2. The van der Waals surface area contributed by atoms with Crippen LogP contribution >= 0.6 is 0 Å². The fourth-order valence-electron chi connectivity index (χ4n) is 2.04. The molecule has 0 aromatic rings. The first-order valence-electron chi connectivity index (χ1n) is 6.77. The minimum atomic E-state index is 0.417. The first kappa shape index (κ1) is 13.9. The number of ether oxygens (including phenoxy) is 2. The van der Waals surface area contributed by atoms with Gasteiger partial charge in [-0.15, -0.1) is 0 Å². The SMILES string of the molecule is CCCCCOCCNC(C)C1CCCO1. The fourth-order valence-corrected chi connectivity index (χ4v) is 2.04. The van der Waals surface area contributed by atoms with Crippen LogP contribution in [0.2, 0.25) is 0 Å². The van der Waals surface area contributed by atoms with Crippen molar-refractivity contribution in [2.24, 2.45) is 0 Å². The Morgan fingerprint density at radius 3 is 2.94 bits per heavy atom. The van der Waals surface area contributed by atoms with Gasteiger partial charge in [-0.25, -0.2) is 0 Å². The van der Waals surface area contributed by atoms with Crippen LogP contribution in [0, 0.1) is 0 Å². The summed E-state index contributed by atoms with van der Waals surface area (Å²) in [6.07, 6.45) is 6.56. The number of rotatable bonds is 9. The van der Waals surface area contributed by atoms with E-state index in [2.05, 4.69) is 19.2 Å². The molecule has 0 aliphatic carbocycles. The van der Waals surface area contributed by atoms with Crippen molar-refractivity contribution >= 4 is 0 Å². The smallest absolute Gasteiger partial charge is 0.0726 e. The maximum Gasteiger partial charge on any atom is 0.0726 e. The summed E-state index contributed by atoms with van der Waals surface area (Å²) >= 11 is 0. The lowest BCUT2D eigenvalue weighted by Crippen LogP contribution is -2.38. The summed E-state index contributed by atoms with van der Waals surface area (Å²) in [5.41, 5.74) is 0. The summed E-state index contributed by atoms with van der Waals surface area (Å²) in [7, 11) is 0. The molecule has 2 unspecified atom stereocenters. The van der Waals surface area contributed by atoms with Crippen molar-refractivity contribution in [3.8, 4) is 0 Å². The second-order valence-electron chi connectivity index (χ2n) is 4.61. The van der Waals surface area contributed by atoms with Gasteiger partial charge < -0.3 is 14.8 Å². The molecule has 1 saturated heterocycles. The van der Waals surface area contributed by atoms with E-state index in [0.717, 1.165) is 26.4 Å². The highest BCUT2D eigenvalue weighted by Gasteiger charge is 2.21.